The van der Waals surface area contributed by atoms with Crippen LogP contribution < -0.4 is 0 Å². The van der Waals surface area contributed by atoms with Gasteiger partial charge < -0.3 is 4.18 Å². The van der Waals surface area contributed by atoms with Crippen LogP contribution in [0.5, 0.6) is 0 Å². The highest BCUT2D eigenvalue weighted by Gasteiger charge is 2.10. The van der Waals surface area contributed by atoms with Crippen molar-refractivity contribution in [3.63, 3.8) is 0 Å². The number of benzene rings is 1. The molecule has 0 radical (unpaired) electrons. The van der Waals surface area contributed by atoms with E-state index in [-0.39, 0.29) is 6.42 Å². The van der Waals surface area contributed by atoms with Gasteiger partial charge in [-0.25, -0.2) is 0 Å². The van der Waals surface area contributed by atoms with Crippen molar-refractivity contribution in [2.75, 3.05) is 6.26 Å². The Bertz CT molecular complexity index is 477. The lowest BCUT2D eigenvalue weighted by molar-refractivity contribution is -0.133. The van der Waals surface area contributed by atoms with E-state index in [1.165, 1.54) is 0 Å². The highest BCUT2D eigenvalue weighted by Crippen LogP contribution is 2.07. The summed E-state index contributed by atoms with van der Waals surface area (Å²) in [6.07, 6.45) is 1.41. The Kier molecular flexibility index (Phi) is 4.06. The Balaban J connectivity index is 2.49. The molecular weight excluding hydrogens is 228 g/mol. The van der Waals surface area contributed by atoms with E-state index in [0.29, 0.717) is 6.42 Å². The largest absolute Gasteiger partial charge is 0.346 e. The summed E-state index contributed by atoms with van der Waals surface area (Å²) in [6.45, 7) is 1.96. The zero-order valence-corrected chi connectivity index (χ0v) is 10.1. The number of rotatable bonds is 4. The average molecular weight is 242 g/mol. The first-order valence-corrected chi connectivity index (χ1v) is 6.66. The Hall–Kier alpha value is -1.36. The van der Waals surface area contributed by atoms with Crippen molar-refractivity contribution in [2.24, 2.45) is 0 Å². The van der Waals surface area contributed by atoms with Crippen molar-refractivity contribution in [2.45, 2.75) is 19.8 Å². The maximum atomic E-state index is 11.1. The van der Waals surface area contributed by atoms with E-state index < -0.39 is 16.1 Å². The molecule has 0 aromatic heterocycles. The molecule has 0 fully saturated rings. The molecule has 0 saturated heterocycles. The highest BCUT2D eigenvalue weighted by molar-refractivity contribution is 7.86. The quantitative estimate of drug-likeness (QED) is 0.749. The molecular formula is C11H14O4S. The Morgan fingerprint density at radius 3 is 2.62 bits per heavy atom. The normalized spacial score (nSPS) is 11.1. The molecule has 1 rings (SSSR count). The molecule has 0 spiro atoms. The molecule has 0 bridgehead atoms. The first-order chi connectivity index (χ1) is 7.37. The second-order valence-electron chi connectivity index (χ2n) is 3.65. The molecule has 0 aliphatic heterocycles. The minimum Gasteiger partial charge on any atom is -0.346 e. The van der Waals surface area contributed by atoms with E-state index in [2.05, 4.69) is 4.18 Å². The van der Waals surface area contributed by atoms with Gasteiger partial charge in [-0.15, -0.1) is 0 Å². The summed E-state index contributed by atoms with van der Waals surface area (Å²) in [6, 6.07) is 7.69. The van der Waals surface area contributed by atoms with Gasteiger partial charge >= 0.3 is 16.1 Å². The Labute approximate surface area is 95.4 Å². The lowest BCUT2D eigenvalue weighted by Crippen LogP contribution is -2.11. The van der Waals surface area contributed by atoms with Crippen LogP contribution in [0.3, 0.4) is 0 Å². The van der Waals surface area contributed by atoms with Gasteiger partial charge in [-0.2, -0.15) is 8.42 Å². The molecule has 0 heterocycles. The topological polar surface area (TPSA) is 60.4 Å². The minimum atomic E-state index is -3.69. The molecule has 88 valence electrons. The molecule has 0 unspecified atom stereocenters. The number of aryl methyl sites for hydroxylation is 2. The van der Waals surface area contributed by atoms with Crippen molar-refractivity contribution in [1.82, 2.24) is 0 Å². The predicted molar refractivity (Wildman–Crippen MR) is 60.4 cm³/mol. The van der Waals surface area contributed by atoms with Crippen LogP contribution in [-0.4, -0.2) is 20.6 Å². The summed E-state index contributed by atoms with van der Waals surface area (Å²) < 4.78 is 25.6. The van der Waals surface area contributed by atoms with E-state index in [9.17, 15) is 13.2 Å². The average Bonchev–Trinajstić information content (AvgIpc) is 2.12. The van der Waals surface area contributed by atoms with Crippen molar-refractivity contribution >= 4 is 16.1 Å². The third-order valence-electron chi connectivity index (χ3n) is 1.94. The number of hydrogen-bond donors (Lipinski definition) is 0. The number of hydrogen-bond acceptors (Lipinski definition) is 4. The standard InChI is InChI=1S/C11H14O4S/c1-9-4-3-5-10(8-9)6-7-11(12)15-16(2,13)14/h3-5,8H,6-7H2,1-2H3. The lowest BCUT2D eigenvalue weighted by atomic mass is 10.1. The van der Waals surface area contributed by atoms with Crippen LogP contribution in [0.1, 0.15) is 17.5 Å². The van der Waals surface area contributed by atoms with Crippen molar-refractivity contribution in [3.8, 4) is 0 Å². The van der Waals surface area contributed by atoms with E-state index in [1.54, 1.807) is 0 Å². The first kappa shape index (κ1) is 12.7. The van der Waals surface area contributed by atoms with Crippen molar-refractivity contribution < 1.29 is 17.4 Å². The maximum Gasteiger partial charge on any atom is 0.322 e. The second-order valence-corrected chi connectivity index (χ2v) is 5.22. The van der Waals surface area contributed by atoms with Gasteiger partial charge in [0.1, 0.15) is 0 Å². The lowest BCUT2D eigenvalue weighted by Gasteiger charge is -2.02. The van der Waals surface area contributed by atoms with Crippen LogP contribution in [0.25, 0.3) is 0 Å². The molecule has 0 aliphatic rings. The molecule has 0 saturated carbocycles. The first-order valence-electron chi connectivity index (χ1n) is 4.84. The summed E-state index contributed by atoms with van der Waals surface area (Å²) in [7, 11) is -3.69. The summed E-state index contributed by atoms with van der Waals surface area (Å²) in [4.78, 5) is 11.1. The van der Waals surface area contributed by atoms with Gasteiger partial charge in [0.15, 0.2) is 0 Å². The predicted octanol–water partition coefficient (Wildman–Crippen LogP) is 1.43. The Morgan fingerprint density at radius 2 is 2.06 bits per heavy atom. The van der Waals surface area contributed by atoms with Gasteiger partial charge in [0.2, 0.25) is 0 Å². The van der Waals surface area contributed by atoms with Crippen molar-refractivity contribution in [3.05, 3.63) is 35.4 Å². The smallest absolute Gasteiger partial charge is 0.322 e. The van der Waals surface area contributed by atoms with E-state index >= 15 is 0 Å². The monoisotopic (exact) mass is 242 g/mol. The van der Waals surface area contributed by atoms with E-state index in [1.807, 2.05) is 31.2 Å². The second kappa shape index (κ2) is 5.12. The van der Waals surface area contributed by atoms with Crippen LogP contribution in [0.4, 0.5) is 0 Å². The number of carbonyl (C=O) groups excluding carboxylic acids is 1. The summed E-state index contributed by atoms with van der Waals surface area (Å²) in [5.74, 6) is -0.719. The fourth-order valence-corrected chi connectivity index (χ4v) is 1.75. The van der Waals surface area contributed by atoms with Crippen molar-refractivity contribution in [1.29, 1.82) is 0 Å². The molecule has 0 aliphatic carbocycles. The van der Waals surface area contributed by atoms with E-state index in [0.717, 1.165) is 17.4 Å². The van der Waals surface area contributed by atoms with Gasteiger partial charge in [-0.05, 0) is 18.9 Å². The third kappa shape index (κ3) is 4.93. The third-order valence-corrected chi connectivity index (χ3v) is 2.43. The SMILES string of the molecule is Cc1cccc(CCC(=O)OS(C)(=O)=O)c1. The molecule has 4 nitrogen and oxygen atoms in total. The molecule has 0 amide bonds. The maximum absolute atomic E-state index is 11.1. The van der Waals surface area contributed by atoms with Crippen LogP contribution >= 0.6 is 0 Å². The van der Waals surface area contributed by atoms with Crippen LogP contribution in [0, 0.1) is 6.92 Å². The van der Waals surface area contributed by atoms with Crippen LogP contribution in [0.2, 0.25) is 0 Å². The molecule has 0 N–H and O–H groups in total. The van der Waals surface area contributed by atoms with Crippen LogP contribution in [0.15, 0.2) is 24.3 Å². The summed E-state index contributed by atoms with van der Waals surface area (Å²) >= 11 is 0. The summed E-state index contributed by atoms with van der Waals surface area (Å²) in [5.41, 5.74) is 2.10. The zero-order chi connectivity index (χ0) is 12.2. The number of carbonyl (C=O) groups is 1. The highest BCUT2D eigenvalue weighted by atomic mass is 32.2. The fraction of sp³-hybridized carbons (Fsp3) is 0.364. The van der Waals surface area contributed by atoms with Gasteiger partial charge in [0, 0.05) is 0 Å². The molecule has 1 aromatic rings. The summed E-state index contributed by atoms with van der Waals surface area (Å²) in [5, 5.41) is 0. The zero-order valence-electron chi connectivity index (χ0n) is 9.26. The van der Waals surface area contributed by atoms with E-state index in [4.69, 9.17) is 0 Å². The van der Waals surface area contributed by atoms with Gasteiger partial charge in [0.25, 0.3) is 0 Å². The van der Waals surface area contributed by atoms with Gasteiger partial charge in [-0.3, -0.25) is 4.79 Å². The van der Waals surface area contributed by atoms with Gasteiger partial charge in [0.05, 0.1) is 12.7 Å². The Morgan fingerprint density at radius 1 is 1.38 bits per heavy atom. The minimum absolute atomic E-state index is 0.0660. The molecule has 16 heavy (non-hydrogen) atoms. The van der Waals surface area contributed by atoms with Crippen LogP contribution in [-0.2, 0) is 25.5 Å². The van der Waals surface area contributed by atoms with Gasteiger partial charge in [-0.1, -0.05) is 29.8 Å². The molecule has 5 heteroatoms. The fourth-order valence-electron chi connectivity index (χ4n) is 1.32. The molecule has 1 aromatic carbocycles. The molecule has 0 atom stereocenters.